The first-order valence-electron chi connectivity index (χ1n) is 7.46. The van der Waals surface area contributed by atoms with E-state index in [1.165, 1.54) is 0 Å². The number of fused-ring (bicyclic) bond motifs is 1. The average Bonchev–Trinajstić information content (AvgIpc) is 2.86. The summed E-state index contributed by atoms with van der Waals surface area (Å²) in [5, 5.41) is 0.692. The van der Waals surface area contributed by atoms with Crippen molar-refractivity contribution in [2.75, 3.05) is 20.6 Å². The molecule has 2 amide bonds. The monoisotopic (exact) mass is 317 g/mol. The molecule has 22 heavy (non-hydrogen) atoms. The van der Waals surface area contributed by atoms with Gasteiger partial charge in [0, 0.05) is 44.1 Å². The fourth-order valence-corrected chi connectivity index (χ4v) is 3.27. The lowest BCUT2D eigenvalue weighted by Crippen LogP contribution is -2.42. The van der Waals surface area contributed by atoms with Crippen LogP contribution in [-0.4, -0.2) is 41.0 Å². The molecule has 5 heteroatoms. The normalized spacial score (nSPS) is 17.8. The second kappa shape index (κ2) is 6.05. The molecule has 1 aromatic heterocycles. The first-order chi connectivity index (χ1) is 10.6. The molecule has 2 heterocycles. The molecule has 0 radical (unpaired) electrons. The lowest BCUT2D eigenvalue weighted by atomic mass is 10.0. The van der Waals surface area contributed by atoms with Crippen molar-refractivity contribution in [3.05, 3.63) is 58.9 Å². The summed E-state index contributed by atoms with van der Waals surface area (Å²) in [6.45, 7) is 1.66. The number of hydrogen-bond acceptors (Lipinski definition) is 1. The van der Waals surface area contributed by atoms with Crippen molar-refractivity contribution in [3.8, 4) is 0 Å². The van der Waals surface area contributed by atoms with E-state index in [9.17, 15) is 4.79 Å². The number of carbonyl (C=O) groups excluding carboxylic acids is 1. The summed E-state index contributed by atoms with van der Waals surface area (Å²) in [7, 11) is 3.59. The lowest BCUT2D eigenvalue weighted by Gasteiger charge is -2.32. The van der Waals surface area contributed by atoms with E-state index in [1.807, 2.05) is 35.2 Å². The van der Waals surface area contributed by atoms with E-state index in [0.717, 1.165) is 30.8 Å². The van der Waals surface area contributed by atoms with Gasteiger partial charge in [-0.3, -0.25) is 0 Å². The van der Waals surface area contributed by atoms with Crippen molar-refractivity contribution >= 4 is 17.6 Å². The summed E-state index contributed by atoms with van der Waals surface area (Å²) in [6.07, 6.45) is 3.02. The maximum absolute atomic E-state index is 12.7. The van der Waals surface area contributed by atoms with Gasteiger partial charge in [0.2, 0.25) is 0 Å². The van der Waals surface area contributed by atoms with Gasteiger partial charge < -0.3 is 14.4 Å². The third kappa shape index (κ3) is 2.71. The van der Waals surface area contributed by atoms with Crippen LogP contribution in [0.25, 0.3) is 0 Å². The number of carbonyl (C=O) groups is 1. The number of halogens is 1. The molecule has 2 aromatic rings. The van der Waals surface area contributed by atoms with E-state index in [4.69, 9.17) is 11.6 Å². The number of rotatable bonds is 1. The Balaban J connectivity index is 2.11. The zero-order chi connectivity index (χ0) is 15.7. The number of nitrogens with zero attached hydrogens (tertiary/aromatic N) is 3. The molecule has 0 N–H and O–H groups in total. The van der Waals surface area contributed by atoms with E-state index in [2.05, 4.69) is 16.8 Å². The van der Waals surface area contributed by atoms with Gasteiger partial charge in [0.1, 0.15) is 0 Å². The first kappa shape index (κ1) is 15.0. The molecule has 0 spiro atoms. The van der Waals surface area contributed by atoms with E-state index < -0.39 is 0 Å². The summed E-state index contributed by atoms with van der Waals surface area (Å²) in [5.41, 5.74) is 2.18. The first-order valence-corrected chi connectivity index (χ1v) is 7.84. The van der Waals surface area contributed by atoms with Crippen molar-refractivity contribution in [1.29, 1.82) is 0 Å². The van der Waals surface area contributed by atoms with Gasteiger partial charge in [-0.15, -0.1) is 0 Å². The highest BCUT2D eigenvalue weighted by molar-refractivity contribution is 6.30. The minimum Gasteiger partial charge on any atom is -0.349 e. The molecule has 1 aliphatic rings. The van der Waals surface area contributed by atoms with Crippen LogP contribution in [0.3, 0.4) is 0 Å². The van der Waals surface area contributed by atoms with E-state index >= 15 is 0 Å². The molecule has 1 unspecified atom stereocenters. The van der Waals surface area contributed by atoms with Gasteiger partial charge in [0.15, 0.2) is 0 Å². The van der Waals surface area contributed by atoms with Crippen molar-refractivity contribution in [1.82, 2.24) is 14.4 Å². The Labute approximate surface area is 135 Å². The predicted molar refractivity (Wildman–Crippen MR) is 88.1 cm³/mol. The lowest BCUT2D eigenvalue weighted by molar-refractivity contribution is 0.159. The van der Waals surface area contributed by atoms with Crippen LogP contribution in [0, 0.1) is 0 Å². The van der Waals surface area contributed by atoms with Crippen LogP contribution >= 0.6 is 11.6 Å². The summed E-state index contributed by atoms with van der Waals surface area (Å²) < 4.78 is 2.23. The number of hydrogen-bond donors (Lipinski definition) is 0. The molecule has 1 aromatic carbocycles. The van der Waals surface area contributed by atoms with Crippen LogP contribution in [0.4, 0.5) is 4.79 Å². The third-order valence-corrected chi connectivity index (χ3v) is 4.28. The summed E-state index contributed by atoms with van der Waals surface area (Å²) in [5.74, 6) is 0. The van der Waals surface area contributed by atoms with Crippen LogP contribution in [0.5, 0.6) is 0 Å². The van der Waals surface area contributed by atoms with E-state index in [-0.39, 0.29) is 12.1 Å². The van der Waals surface area contributed by atoms with Gasteiger partial charge in [-0.05, 0) is 36.2 Å². The van der Waals surface area contributed by atoms with Gasteiger partial charge >= 0.3 is 6.03 Å². The Morgan fingerprint density at radius 2 is 2.05 bits per heavy atom. The number of aromatic nitrogens is 1. The smallest absolute Gasteiger partial charge is 0.320 e. The van der Waals surface area contributed by atoms with E-state index in [0.29, 0.717) is 5.02 Å². The Kier molecular flexibility index (Phi) is 4.12. The molecule has 0 saturated carbocycles. The largest absolute Gasteiger partial charge is 0.349 e. The maximum atomic E-state index is 12.7. The minimum absolute atomic E-state index is 0.0274. The number of benzene rings is 1. The molecule has 116 valence electrons. The standard InChI is InChI=1S/C17H20ClN3O/c1-19(2)17(22)21-11-5-10-20-9-4-8-15(20)16(21)13-6-3-7-14(18)12-13/h3-4,6-9,12,16H,5,10-11H2,1-2H3. The highest BCUT2D eigenvalue weighted by atomic mass is 35.5. The second-order valence-electron chi connectivity index (χ2n) is 5.81. The van der Waals surface area contributed by atoms with Crippen molar-refractivity contribution in [2.24, 2.45) is 0 Å². The molecule has 0 bridgehead atoms. The summed E-state index contributed by atoms with van der Waals surface area (Å²) >= 11 is 6.18. The molecule has 1 aliphatic heterocycles. The quantitative estimate of drug-likeness (QED) is 0.789. The van der Waals surface area contributed by atoms with Gasteiger partial charge in [0.05, 0.1) is 6.04 Å². The zero-order valence-electron chi connectivity index (χ0n) is 12.9. The summed E-state index contributed by atoms with van der Waals surface area (Å²) in [6, 6.07) is 11.8. The molecule has 0 aliphatic carbocycles. The van der Waals surface area contributed by atoms with Gasteiger partial charge in [-0.2, -0.15) is 0 Å². The molecule has 0 saturated heterocycles. The fourth-order valence-electron chi connectivity index (χ4n) is 3.07. The van der Waals surface area contributed by atoms with Crippen LogP contribution < -0.4 is 0 Å². The van der Waals surface area contributed by atoms with Gasteiger partial charge in [-0.1, -0.05) is 23.7 Å². The van der Waals surface area contributed by atoms with Crippen LogP contribution in [0.15, 0.2) is 42.6 Å². The highest BCUT2D eigenvalue weighted by Gasteiger charge is 2.31. The number of aryl methyl sites for hydroxylation is 1. The van der Waals surface area contributed by atoms with Crippen LogP contribution in [0.1, 0.15) is 23.7 Å². The summed E-state index contributed by atoms with van der Waals surface area (Å²) in [4.78, 5) is 16.2. The zero-order valence-corrected chi connectivity index (χ0v) is 13.6. The molecule has 4 nitrogen and oxygen atoms in total. The van der Waals surface area contributed by atoms with Crippen molar-refractivity contribution in [2.45, 2.75) is 19.0 Å². The molecular formula is C17H20ClN3O. The number of amides is 2. The predicted octanol–water partition coefficient (Wildman–Crippen LogP) is 3.62. The third-order valence-electron chi connectivity index (χ3n) is 4.05. The van der Waals surface area contributed by atoms with Crippen molar-refractivity contribution < 1.29 is 4.79 Å². The van der Waals surface area contributed by atoms with Gasteiger partial charge in [-0.25, -0.2) is 4.79 Å². The SMILES string of the molecule is CN(C)C(=O)N1CCCn2cccc2C1c1cccc(Cl)c1. The molecule has 3 rings (SSSR count). The fraction of sp³-hybridized carbons (Fsp3) is 0.353. The van der Waals surface area contributed by atoms with Crippen molar-refractivity contribution in [3.63, 3.8) is 0 Å². The molecule has 1 atom stereocenters. The van der Waals surface area contributed by atoms with Crippen LogP contribution in [-0.2, 0) is 6.54 Å². The maximum Gasteiger partial charge on any atom is 0.320 e. The Bertz CT molecular complexity index is 680. The molecule has 0 fully saturated rings. The topological polar surface area (TPSA) is 28.5 Å². The Morgan fingerprint density at radius 3 is 2.77 bits per heavy atom. The Morgan fingerprint density at radius 1 is 1.23 bits per heavy atom. The minimum atomic E-state index is -0.105. The van der Waals surface area contributed by atoms with Gasteiger partial charge in [0.25, 0.3) is 0 Å². The van der Waals surface area contributed by atoms with Crippen LogP contribution in [0.2, 0.25) is 5.02 Å². The number of urea groups is 1. The molecular weight excluding hydrogens is 298 g/mol. The van der Waals surface area contributed by atoms with E-state index in [1.54, 1.807) is 19.0 Å². The highest BCUT2D eigenvalue weighted by Crippen LogP contribution is 2.33. The second-order valence-corrected chi connectivity index (χ2v) is 6.24. The Hall–Kier alpha value is -1.94. The average molecular weight is 318 g/mol.